The molecule has 0 saturated carbocycles. The van der Waals surface area contributed by atoms with Crippen LogP contribution in [0, 0.1) is 0 Å². The van der Waals surface area contributed by atoms with Gasteiger partial charge < -0.3 is 9.80 Å². The largest absolute Gasteiger partial charge is 0.378 e. The third-order valence-electron chi connectivity index (χ3n) is 3.49. The van der Waals surface area contributed by atoms with E-state index in [-0.39, 0.29) is 5.91 Å². The summed E-state index contributed by atoms with van der Waals surface area (Å²) in [5, 5.41) is 0.687. The number of halogens is 1. The topological polar surface area (TPSA) is 23.6 Å². The second kappa shape index (κ2) is 8.27. The van der Waals surface area contributed by atoms with Crippen molar-refractivity contribution in [3.63, 3.8) is 0 Å². The molecule has 0 spiro atoms. The van der Waals surface area contributed by atoms with Gasteiger partial charge in [0.1, 0.15) is 0 Å². The maximum atomic E-state index is 12.3. The van der Waals surface area contributed by atoms with Crippen LogP contribution < -0.4 is 4.90 Å². The number of thioether (sulfide) groups is 1. The van der Waals surface area contributed by atoms with E-state index in [2.05, 4.69) is 29.2 Å². The fraction of sp³-hybridized carbons (Fsp3) is 0.278. The molecule has 0 aliphatic rings. The monoisotopic (exact) mass is 348 g/mol. The van der Waals surface area contributed by atoms with E-state index in [9.17, 15) is 4.79 Å². The lowest BCUT2D eigenvalue weighted by Crippen LogP contribution is -2.27. The summed E-state index contributed by atoms with van der Waals surface area (Å²) in [7, 11) is 5.85. The van der Waals surface area contributed by atoms with Crippen LogP contribution >= 0.6 is 23.4 Å². The summed E-state index contributed by atoms with van der Waals surface area (Å²) in [5.41, 5.74) is 2.27. The predicted octanol–water partition coefficient (Wildman–Crippen LogP) is 4.16. The van der Waals surface area contributed by atoms with Gasteiger partial charge in [0.05, 0.1) is 10.8 Å². The van der Waals surface area contributed by atoms with Crippen LogP contribution in [0.4, 0.5) is 5.69 Å². The first-order chi connectivity index (χ1) is 11.0. The van der Waals surface area contributed by atoms with Gasteiger partial charge in [-0.3, -0.25) is 4.79 Å². The summed E-state index contributed by atoms with van der Waals surface area (Å²) >= 11 is 7.58. The summed E-state index contributed by atoms with van der Waals surface area (Å²) < 4.78 is 0. The molecule has 5 heteroatoms. The molecule has 23 heavy (non-hydrogen) atoms. The minimum Gasteiger partial charge on any atom is -0.378 e. The third kappa shape index (κ3) is 5.19. The van der Waals surface area contributed by atoms with E-state index < -0.39 is 0 Å². The molecular formula is C18H21ClN2OS. The molecule has 0 aromatic heterocycles. The number of nitrogens with zero attached hydrogens (tertiary/aromatic N) is 2. The molecule has 2 aromatic rings. The van der Waals surface area contributed by atoms with Crippen LogP contribution in [0.25, 0.3) is 0 Å². The van der Waals surface area contributed by atoms with Gasteiger partial charge in [-0.05, 0) is 29.8 Å². The molecule has 2 rings (SSSR count). The summed E-state index contributed by atoms with van der Waals surface area (Å²) in [6, 6.07) is 15.8. The molecule has 0 unspecified atom stereocenters. The molecule has 122 valence electrons. The first-order valence-electron chi connectivity index (χ1n) is 7.35. The summed E-state index contributed by atoms with van der Waals surface area (Å²) in [6.45, 7) is 0.607. The highest BCUT2D eigenvalue weighted by Gasteiger charge is 2.11. The van der Waals surface area contributed by atoms with E-state index >= 15 is 0 Å². The minimum atomic E-state index is 0.0894. The Balaban J connectivity index is 1.88. The number of hydrogen-bond donors (Lipinski definition) is 0. The second-order valence-electron chi connectivity index (χ2n) is 5.53. The summed E-state index contributed by atoms with van der Waals surface area (Å²) in [5.74, 6) is 0.474. The number of carbonyl (C=O) groups excluding carboxylic acids is 1. The zero-order valence-electron chi connectivity index (χ0n) is 13.6. The van der Waals surface area contributed by atoms with Crippen LogP contribution in [0.3, 0.4) is 0 Å². The number of anilines is 1. The van der Waals surface area contributed by atoms with E-state index in [4.69, 9.17) is 11.6 Å². The van der Waals surface area contributed by atoms with Crippen molar-refractivity contribution in [2.75, 3.05) is 31.8 Å². The van der Waals surface area contributed by atoms with Gasteiger partial charge in [0.15, 0.2) is 0 Å². The van der Waals surface area contributed by atoms with Crippen LogP contribution in [0.1, 0.15) is 5.56 Å². The molecule has 1 amide bonds. The molecular weight excluding hydrogens is 328 g/mol. The molecule has 0 fully saturated rings. The van der Waals surface area contributed by atoms with Gasteiger partial charge in [0.2, 0.25) is 5.91 Å². The molecule has 0 saturated heterocycles. The Morgan fingerprint density at radius 1 is 1.04 bits per heavy atom. The quantitative estimate of drug-likeness (QED) is 0.732. The Morgan fingerprint density at radius 2 is 1.70 bits per heavy atom. The van der Waals surface area contributed by atoms with Crippen molar-refractivity contribution >= 4 is 35.0 Å². The predicted molar refractivity (Wildman–Crippen MR) is 99.4 cm³/mol. The molecule has 0 aliphatic carbocycles. The number of rotatable bonds is 6. The van der Waals surface area contributed by atoms with Crippen LogP contribution in [0.5, 0.6) is 0 Å². The molecule has 0 N–H and O–H groups in total. The highest BCUT2D eigenvalue weighted by molar-refractivity contribution is 8.00. The number of benzene rings is 2. The average molecular weight is 349 g/mol. The van der Waals surface area contributed by atoms with Crippen molar-refractivity contribution in [2.24, 2.45) is 0 Å². The molecule has 3 nitrogen and oxygen atoms in total. The highest BCUT2D eigenvalue weighted by Crippen LogP contribution is 2.26. The highest BCUT2D eigenvalue weighted by atomic mass is 35.5. The van der Waals surface area contributed by atoms with Gasteiger partial charge in [-0.1, -0.05) is 35.9 Å². The molecule has 0 radical (unpaired) electrons. The van der Waals surface area contributed by atoms with Crippen LogP contribution in [-0.2, 0) is 11.3 Å². The maximum Gasteiger partial charge on any atom is 0.232 e. The number of amides is 1. The average Bonchev–Trinajstić information content (AvgIpc) is 2.54. The number of hydrogen-bond acceptors (Lipinski definition) is 3. The molecule has 0 aliphatic heterocycles. The molecule has 0 atom stereocenters. The zero-order chi connectivity index (χ0) is 16.8. The zero-order valence-corrected chi connectivity index (χ0v) is 15.2. The van der Waals surface area contributed by atoms with Gasteiger partial charge in [0, 0.05) is 38.3 Å². The Morgan fingerprint density at radius 3 is 2.30 bits per heavy atom. The number of carbonyl (C=O) groups is 1. The van der Waals surface area contributed by atoms with Gasteiger partial charge in [0.25, 0.3) is 0 Å². The normalized spacial score (nSPS) is 10.4. The van der Waals surface area contributed by atoms with Gasteiger partial charge >= 0.3 is 0 Å². The maximum absolute atomic E-state index is 12.3. The Labute approximate surface area is 147 Å². The van der Waals surface area contributed by atoms with Gasteiger partial charge in [-0.15, -0.1) is 11.8 Å². The lowest BCUT2D eigenvalue weighted by atomic mass is 10.2. The van der Waals surface area contributed by atoms with Crippen molar-refractivity contribution in [1.29, 1.82) is 0 Å². The van der Waals surface area contributed by atoms with E-state index in [1.165, 1.54) is 11.8 Å². The van der Waals surface area contributed by atoms with Crippen LogP contribution in [-0.4, -0.2) is 37.7 Å². The van der Waals surface area contributed by atoms with Crippen molar-refractivity contribution in [2.45, 2.75) is 11.4 Å². The van der Waals surface area contributed by atoms with Crippen molar-refractivity contribution < 1.29 is 4.79 Å². The second-order valence-corrected chi connectivity index (χ2v) is 6.95. The smallest absolute Gasteiger partial charge is 0.232 e. The van der Waals surface area contributed by atoms with Crippen LogP contribution in [0.2, 0.25) is 5.02 Å². The first kappa shape index (κ1) is 17.7. The lowest BCUT2D eigenvalue weighted by molar-refractivity contribution is -0.127. The third-order valence-corrected chi connectivity index (χ3v) is 4.99. The van der Waals surface area contributed by atoms with E-state index in [0.29, 0.717) is 17.3 Å². The molecule has 0 bridgehead atoms. The fourth-order valence-corrected chi connectivity index (χ4v) is 3.25. The van der Waals surface area contributed by atoms with Crippen molar-refractivity contribution in [3.8, 4) is 0 Å². The lowest BCUT2D eigenvalue weighted by Gasteiger charge is -2.18. The Kier molecular flexibility index (Phi) is 6.37. The van der Waals surface area contributed by atoms with E-state index in [1.807, 2.05) is 45.4 Å². The van der Waals surface area contributed by atoms with Gasteiger partial charge in [-0.25, -0.2) is 0 Å². The summed E-state index contributed by atoms with van der Waals surface area (Å²) in [6.07, 6.45) is 0. The SMILES string of the molecule is CN(Cc1ccc(N(C)C)cc1)C(=O)CSc1ccccc1Cl. The molecule has 0 heterocycles. The molecule has 2 aromatic carbocycles. The first-order valence-corrected chi connectivity index (χ1v) is 8.71. The minimum absolute atomic E-state index is 0.0894. The summed E-state index contributed by atoms with van der Waals surface area (Å²) in [4.78, 5) is 17.0. The van der Waals surface area contributed by atoms with Crippen molar-refractivity contribution in [3.05, 3.63) is 59.1 Å². The fourth-order valence-electron chi connectivity index (χ4n) is 2.07. The standard InChI is InChI=1S/C18H21ClN2OS/c1-20(2)15-10-8-14(9-11-15)12-21(3)18(22)13-23-17-7-5-4-6-16(17)19/h4-11H,12-13H2,1-3H3. The Bertz CT molecular complexity index is 658. The van der Waals surface area contributed by atoms with E-state index in [0.717, 1.165) is 16.1 Å². The van der Waals surface area contributed by atoms with E-state index in [1.54, 1.807) is 4.90 Å². The van der Waals surface area contributed by atoms with Crippen LogP contribution in [0.15, 0.2) is 53.4 Å². The van der Waals surface area contributed by atoms with Crippen molar-refractivity contribution in [1.82, 2.24) is 4.90 Å². The Hall–Kier alpha value is -1.65. The van der Waals surface area contributed by atoms with Gasteiger partial charge in [-0.2, -0.15) is 0 Å².